The maximum atomic E-state index is 12.8. The van der Waals surface area contributed by atoms with Crippen LogP contribution in [0.3, 0.4) is 0 Å². The average Bonchev–Trinajstić information content (AvgIpc) is 3.29. The summed E-state index contributed by atoms with van der Waals surface area (Å²) in [6.07, 6.45) is 12.0. The largest absolute Gasteiger partial charge is 0.349 e. The molecule has 0 radical (unpaired) electrons. The van der Waals surface area contributed by atoms with Gasteiger partial charge in [-0.25, -0.2) is 9.67 Å². The van der Waals surface area contributed by atoms with Gasteiger partial charge >= 0.3 is 0 Å². The number of rotatable bonds is 6. The van der Waals surface area contributed by atoms with Gasteiger partial charge in [-0.2, -0.15) is 10.1 Å². The predicted octanol–water partition coefficient (Wildman–Crippen LogP) is 4.03. The predicted molar refractivity (Wildman–Crippen MR) is 112 cm³/mol. The second kappa shape index (κ2) is 9.19. The summed E-state index contributed by atoms with van der Waals surface area (Å²) >= 11 is 0. The van der Waals surface area contributed by atoms with Crippen LogP contribution in [0.1, 0.15) is 73.7 Å². The minimum atomic E-state index is -0.0667. The first kappa shape index (κ1) is 20.3. The lowest BCUT2D eigenvalue weighted by Crippen LogP contribution is -2.34. The Kier molecular flexibility index (Phi) is 6.21. The quantitative estimate of drug-likeness (QED) is 0.618. The van der Waals surface area contributed by atoms with E-state index in [4.69, 9.17) is 4.52 Å². The lowest BCUT2D eigenvalue weighted by Gasteiger charge is -2.16. The topological polar surface area (TPSA) is 98.7 Å². The fourth-order valence-electron chi connectivity index (χ4n) is 3.91. The van der Waals surface area contributed by atoms with Crippen molar-refractivity contribution < 1.29 is 9.32 Å². The smallest absolute Gasteiger partial charge is 0.258 e. The fraction of sp³-hybridized carbons (Fsp3) is 0.500. The number of carbonyl (C=O) groups is 1. The zero-order chi connectivity index (χ0) is 20.9. The molecule has 0 atom stereocenters. The summed E-state index contributed by atoms with van der Waals surface area (Å²) in [6, 6.07) is 3.92. The number of nitrogens with one attached hydrogen (secondary N) is 1. The monoisotopic (exact) mass is 408 g/mol. The second-order valence-corrected chi connectivity index (χ2v) is 7.89. The Hall–Kier alpha value is -3.03. The van der Waals surface area contributed by atoms with Crippen molar-refractivity contribution >= 4 is 5.91 Å². The van der Waals surface area contributed by atoms with Crippen LogP contribution in [0.5, 0.6) is 0 Å². The Balaban J connectivity index is 1.53. The molecule has 1 aliphatic carbocycles. The van der Waals surface area contributed by atoms with Crippen molar-refractivity contribution in [3.63, 3.8) is 0 Å². The van der Waals surface area contributed by atoms with Crippen LogP contribution in [0.25, 0.3) is 17.3 Å². The number of pyridine rings is 1. The number of hydrogen-bond acceptors (Lipinski definition) is 6. The Morgan fingerprint density at radius 3 is 2.83 bits per heavy atom. The molecular formula is C22H28N6O2. The zero-order valence-electron chi connectivity index (χ0n) is 17.6. The van der Waals surface area contributed by atoms with Gasteiger partial charge in [0.15, 0.2) is 11.6 Å². The van der Waals surface area contributed by atoms with Gasteiger partial charge in [-0.1, -0.05) is 37.8 Å². The minimum absolute atomic E-state index is 0.0667. The third-order valence-corrected chi connectivity index (χ3v) is 5.60. The van der Waals surface area contributed by atoms with Gasteiger partial charge in [0.2, 0.25) is 0 Å². The standard InChI is InChI=1S/C22H28N6O2/c1-3-8-19-26-22(30-27-19)16-11-12-23-20(13-16)28-15(2)18(14-24-28)21(29)25-17-9-6-4-5-7-10-17/h11-14,17H,3-10H2,1-2H3,(H,25,29). The lowest BCUT2D eigenvalue weighted by molar-refractivity contribution is 0.0932. The van der Waals surface area contributed by atoms with E-state index in [0.29, 0.717) is 23.1 Å². The van der Waals surface area contributed by atoms with Gasteiger partial charge in [-0.3, -0.25) is 4.79 Å². The van der Waals surface area contributed by atoms with Crippen LogP contribution in [0.2, 0.25) is 0 Å². The number of nitrogens with zero attached hydrogens (tertiary/aromatic N) is 5. The fourth-order valence-corrected chi connectivity index (χ4v) is 3.91. The average molecular weight is 409 g/mol. The van der Waals surface area contributed by atoms with E-state index in [-0.39, 0.29) is 11.9 Å². The third kappa shape index (κ3) is 4.42. The van der Waals surface area contributed by atoms with Gasteiger partial charge in [0.05, 0.1) is 17.5 Å². The van der Waals surface area contributed by atoms with Crippen molar-refractivity contribution in [2.75, 3.05) is 0 Å². The summed E-state index contributed by atoms with van der Waals surface area (Å²) in [5.74, 6) is 1.69. The molecular weight excluding hydrogens is 380 g/mol. The molecule has 1 N–H and O–H groups in total. The highest BCUT2D eigenvalue weighted by molar-refractivity contribution is 5.95. The SMILES string of the molecule is CCCc1noc(-c2ccnc(-n3ncc(C(=O)NC4CCCCCC4)c3C)c2)n1. The van der Waals surface area contributed by atoms with Crippen molar-refractivity contribution in [3.8, 4) is 17.3 Å². The molecule has 8 nitrogen and oxygen atoms in total. The molecule has 158 valence electrons. The Morgan fingerprint density at radius 2 is 2.07 bits per heavy atom. The molecule has 0 aromatic carbocycles. The maximum absolute atomic E-state index is 12.8. The molecule has 0 spiro atoms. The van der Waals surface area contributed by atoms with Crippen LogP contribution in [0, 0.1) is 6.92 Å². The van der Waals surface area contributed by atoms with E-state index in [1.54, 1.807) is 17.1 Å². The van der Waals surface area contributed by atoms with Crippen molar-refractivity contribution in [1.29, 1.82) is 0 Å². The van der Waals surface area contributed by atoms with Crippen molar-refractivity contribution in [3.05, 3.63) is 41.6 Å². The molecule has 4 rings (SSSR count). The lowest BCUT2D eigenvalue weighted by atomic mass is 10.1. The van der Waals surface area contributed by atoms with Crippen molar-refractivity contribution in [1.82, 2.24) is 30.2 Å². The van der Waals surface area contributed by atoms with E-state index in [2.05, 4.69) is 32.5 Å². The third-order valence-electron chi connectivity index (χ3n) is 5.60. The van der Waals surface area contributed by atoms with Gasteiger partial charge in [0.1, 0.15) is 0 Å². The maximum Gasteiger partial charge on any atom is 0.258 e. The number of carbonyl (C=O) groups excluding carboxylic acids is 1. The highest BCUT2D eigenvalue weighted by atomic mass is 16.5. The molecule has 1 saturated carbocycles. The van der Waals surface area contributed by atoms with Gasteiger partial charge in [-0.05, 0) is 38.3 Å². The molecule has 8 heteroatoms. The van der Waals surface area contributed by atoms with E-state index in [1.807, 2.05) is 19.1 Å². The Labute approximate surface area is 176 Å². The van der Waals surface area contributed by atoms with E-state index in [9.17, 15) is 4.79 Å². The molecule has 3 aromatic heterocycles. The van der Waals surface area contributed by atoms with Crippen LogP contribution >= 0.6 is 0 Å². The summed E-state index contributed by atoms with van der Waals surface area (Å²) in [4.78, 5) is 21.7. The molecule has 1 aliphatic rings. The molecule has 0 aliphatic heterocycles. The number of amides is 1. The number of hydrogen-bond donors (Lipinski definition) is 1. The first-order chi connectivity index (χ1) is 14.7. The molecule has 0 saturated heterocycles. The first-order valence-electron chi connectivity index (χ1n) is 10.8. The summed E-state index contributed by atoms with van der Waals surface area (Å²) in [6.45, 7) is 3.96. The number of aryl methyl sites for hydroxylation is 1. The van der Waals surface area contributed by atoms with E-state index >= 15 is 0 Å². The van der Waals surface area contributed by atoms with Crippen molar-refractivity contribution in [2.24, 2.45) is 0 Å². The van der Waals surface area contributed by atoms with Gasteiger partial charge in [-0.15, -0.1) is 0 Å². The summed E-state index contributed by atoms with van der Waals surface area (Å²) in [5.41, 5.74) is 2.10. The molecule has 30 heavy (non-hydrogen) atoms. The summed E-state index contributed by atoms with van der Waals surface area (Å²) < 4.78 is 7.06. The van der Waals surface area contributed by atoms with Crippen LogP contribution in [0.4, 0.5) is 0 Å². The van der Waals surface area contributed by atoms with Crippen molar-refractivity contribution in [2.45, 2.75) is 71.3 Å². The van der Waals surface area contributed by atoms with Crippen LogP contribution in [-0.2, 0) is 6.42 Å². The minimum Gasteiger partial charge on any atom is -0.349 e. The number of aromatic nitrogens is 5. The van der Waals surface area contributed by atoms with Gasteiger partial charge in [0.25, 0.3) is 11.8 Å². The first-order valence-corrected chi connectivity index (χ1v) is 10.8. The van der Waals surface area contributed by atoms with E-state index < -0.39 is 0 Å². The summed E-state index contributed by atoms with van der Waals surface area (Å²) in [7, 11) is 0. The second-order valence-electron chi connectivity index (χ2n) is 7.89. The molecule has 1 fully saturated rings. The molecule has 0 bridgehead atoms. The van der Waals surface area contributed by atoms with E-state index in [0.717, 1.165) is 36.9 Å². The highest BCUT2D eigenvalue weighted by Crippen LogP contribution is 2.22. The highest BCUT2D eigenvalue weighted by Gasteiger charge is 2.20. The molecule has 3 heterocycles. The van der Waals surface area contributed by atoms with Crippen LogP contribution in [-0.4, -0.2) is 36.9 Å². The van der Waals surface area contributed by atoms with Gasteiger partial charge in [0, 0.05) is 24.2 Å². The summed E-state index contributed by atoms with van der Waals surface area (Å²) in [5, 5.41) is 11.6. The van der Waals surface area contributed by atoms with E-state index in [1.165, 1.54) is 25.7 Å². The normalized spacial score (nSPS) is 15.1. The van der Waals surface area contributed by atoms with Crippen LogP contribution in [0.15, 0.2) is 29.0 Å². The Bertz CT molecular complexity index is 1000. The van der Waals surface area contributed by atoms with Crippen LogP contribution < -0.4 is 5.32 Å². The zero-order valence-corrected chi connectivity index (χ0v) is 17.6. The van der Waals surface area contributed by atoms with Gasteiger partial charge < -0.3 is 9.84 Å². The molecule has 0 unspecified atom stereocenters. The Morgan fingerprint density at radius 1 is 1.27 bits per heavy atom. The molecule has 3 aromatic rings. The molecule has 1 amide bonds.